The van der Waals surface area contributed by atoms with Crippen LogP contribution < -0.4 is 5.73 Å². The summed E-state index contributed by atoms with van der Waals surface area (Å²) >= 11 is 11.8. The smallest absolute Gasteiger partial charge is 0.340 e. The van der Waals surface area contributed by atoms with Crippen LogP contribution in [0.4, 0.5) is 5.69 Å². The summed E-state index contributed by atoms with van der Waals surface area (Å²) in [4.78, 5) is 24.8. The van der Waals surface area contributed by atoms with Crippen molar-refractivity contribution < 1.29 is 19.1 Å². The van der Waals surface area contributed by atoms with Crippen molar-refractivity contribution in [3.05, 3.63) is 50.8 Å². The molecule has 2 rings (SSSR count). The summed E-state index contributed by atoms with van der Waals surface area (Å²) in [6.45, 7) is 5.88. The van der Waals surface area contributed by atoms with E-state index in [4.69, 9.17) is 38.4 Å². The molecule has 0 aliphatic rings. The van der Waals surface area contributed by atoms with Gasteiger partial charge in [0.25, 0.3) is 0 Å². The SMILES string of the molecule is COC[C@H](C)n1c(C)cc(C(=O)COC(=O)c2cc(Cl)cc(Cl)c2N)c1C. The average molecular weight is 413 g/mol. The van der Waals surface area contributed by atoms with Crippen LogP contribution in [0.2, 0.25) is 10.0 Å². The van der Waals surface area contributed by atoms with Gasteiger partial charge in [0.2, 0.25) is 5.78 Å². The molecule has 146 valence electrons. The standard InChI is InChI=1S/C19H22Cl2N2O4/c1-10-5-14(12(3)23(10)11(2)8-26-4)17(24)9-27-19(25)15-6-13(20)7-16(21)18(15)22/h5-7,11H,8-9,22H2,1-4H3/t11-/m0/s1. The van der Waals surface area contributed by atoms with E-state index in [1.54, 1.807) is 13.2 Å². The molecule has 0 aliphatic carbocycles. The maximum atomic E-state index is 12.6. The number of carbonyl (C=O) groups excluding carboxylic acids is 2. The number of halogens is 2. The number of nitrogens with two attached hydrogens (primary N) is 1. The fraction of sp³-hybridized carbons (Fsp3) is 0.368. The molecule has 0 fully saturated rings. The van der Waals surface area contributed by atoms with Gasteiger partial charge in [-0.2, -0.15) is 0 Å². The van der Waals surface area contributed by atoms with Crippen LogP contribution in [-0.4, -0.2) is 36.6 Å². The average Bonchev–Trinajstić information content (AvgIpc) is 2.90. The lowest BCUT2D eigenvalue weighted by Crippen LogP contribution is -2.17. The van der Waals surface area contributed by atoms with Gasteiger partial charge in [-0.3, -0.25) is 4.79 Å². The molecule has 0 amide bonds. The lowest BCUT2D eigenvalue weighted by atomic mass is 10.1. The summed E-state index contributed by atoms with van der Waals surface area (Å²) < 4.78 is 12.3. The second-order valence-corrected chi connectivity index (χ2v) is 7.15. The number of nitrogen functional groups attached to an aromatic ring is 1. The summed E-state index contributed by atoms with van der Waals surface area (Å²) in [6, 6.07) is 4.64. The summed E-state index contributed by atoms with van der Waals surface area (Å²) in [5, 5.41) is 0.402. The van der Waals surface area contributed by atoms with E-state index in [1.165, 1.54) is 12.1 Å². The molecule has 0 saturated carbocycles. The molecule has 0 saturated heterocycles. The first-order chi connectivity index (χ1) is 12.7. The minimum Gasteiger partial charge on any atom is -0.454 e. The van der Waals surface area contributed by atoms with E-state index in [0.717, 1.165) is 11.4 Å². The topological polar surface area (TPSA) is 83.5 Å². The molecule has 8 heteroatoms. The van der Waals surface area contributed by atoms with Crippen LogP contribution in [0.15, 0.2) is 18.2 Å². The van der Waals surface area contributed by atoms with Crippen molar-refractivity contribution in [2.45, 2.75) is 26.8 Å². The molecule has 0 bridgehead atoms. The highest BCUT2D eigenvalue weighted by atomic mass is 35.5. The van der Waals surface area contributed by atoms with Crippen LogP contribution >= 0.6 is 23.2 Å². The largest absolute Gasteiger partial charge is 0.454 e. The number of hydrogen-bond acceptors (Lipinski definition) is 5. The number of ketones is 1. The number of ether oxygens (including phenoxy) is 2. The fourth-order valence-electron chi connectivity index (χ4n) is 3.09. The summed E-state index contributed by atoms with van der Waals surface area (Å²) in [6.07, 6.45) is 0. The number of esters is 1. The van der Waals surface area contributed by atoms with Gasteiger partial charge in [-0.05, 0) is 39.0 Å². The van der Waals surface area contributed by atoms with Crippen molar-refractivity contribution in [3.8, 4) is 0 Å². The number of aryl methyl sites for hydroxylation is 1. The number of Topliss-reactive ketones (excluding diaryl/α,β-unsaturated/α-hetero) is 1. The van der Waals surface area contributed by atoms with E-state index < -0.39 is 12.6 Å². The molecule has 0 spiro atoms. The van der Waals surface area contributed by atoms with Crippen molar-refractivity contribution in [1.82, 2.24) is 4.57 Å². The molecular weight excluding hydrogens is 391 g/mol. The summed E-state index contributed by atoms with van der Waals surface area (Å²) in [5.74, 6) is -1.06. The minimum absolute atomic E-state index is 0.0273. The van der Waals surface area contributed by atoms with Crippen molar-refractivity contribution in [1.29, 1.82) is 0 Å². The van der Waals surface area contributed by atoms with Gasteiger partial charge in [0, 0.05) is 29.1 Å². The maximum absolute atomic E-state index is 12.6. The minimum atomic E-state index is -0.758. The zero-order chi connectivity index (χ0) is 20.3. The Kier molecular flexibility index (Phi) is 6.92. The van der Waals surface area contributed by atoms with Crippen LogP contribution in [0.25, 0.3) is 0 Å². The van der Waals surface area contributed by atoms with Crippen molar-refractivity contribution in [2.75, 3.05) is 26.1 Å². The molecule has 1 aromatic heterocycles. The molecule has 2 aromatic rings. The molecule has 1 aromatic carbocycles. The number of nitrogens with zero attached hydrogens (tertiary/aromatic N) is 1. The number of aromatic nitrogens is 1. The Morgan fingerprint density at radius 2 is 1.85 bits per heavy atom. The second-order valence-electron chi connectivity index (χ2n) is 6.31. The number of carbonyl (C=O) groups is 2. The zero-order valence-corrected chi connectivity index (χ0v) is 17.1. The predicted octanol–water partition coefficient (Wildman–Crippen LogP) is 4.24. The van der Waals surface area contributed by atoms with Gasteiger partial charge in [-0.1, -0.05) is 23.2 Å². The molecule has 0 unspecified atom stereocenters. The number of benzene rings is 1. The van der Waals surface area contributed by atoms with E-state index >= 15 is 0 Å². The van der Waals surface area contributed by atoms with Crippen molar-refractivity contribution >= 4 is 40.6 Å². The number of anilines is 1. The molecule has 2 N–H and O–H groups in total. The Labute approximate surface area is 168 Å². The Morgan fingerprint density at radius 1 is 1.19 bits per heavy atom. The first-order valence-electron chi connectivity index (χ1n) is 8.29. The zero-order valence-electron chi connectivity index (χ0n) is 15.6. The van der Waals surface area contributed by atoms with Crippen LogP contribution in [-0.2, 0) is 9.47 Å². The van der Waals surface area contributed by atoms with Crippen molar-refractivity contribution in [3.63, 3.8) is 0 Å². The number of rotatable bonds is 7. The van der Waals surface area contributed by atoms with Gasteiger partial charge in [-0.25, -0.2) is 4.79 Å². The van der Waals surface area contributed by atoms with Gasteiger partial charge < -0.3 is 19.8 Å². The van der Waals surface area contributed by atoms with E-state index in [-0.39, 0.29) is 33.1 Å². The molecule has 1 heterocycles. The van der Waals surface area contributed by atoms with E-state index in [0.29, 0.717) is 12.2 Å². The quantitative estimate of drug-likeness (QED) is 0.417. The van der Waals surface area contributed by atoms with Gasteiger partial charge in [0.1, 0.15) is 0 Å². The second kappa shape index (κ2) is 8.78. The van der Waals surface area contributed by atoms with Gasteiger partial charge in [-0.15, -0.1) is 0 Å². The predicted molar refractivity (Wildman–Crippen MR) is 106 cm³/mol. The van der Waals surface area contributed by atoms with E-state index in [1.807, 2.05) is 25.3 Å². The highest BCUT2D eigenvalue weighted by Gasteiger charge is 2.21. The van der Waals surface area contributed by atoms with Crippen LogP contribution in [0.1, 0.15) is 45.1 Å². The van der Waals surface area contributed by atoms with Crippen LogP contribution in [0.3, 0.4) is 0 Å². The number of methoxy groups -OCH3 is 1. The van der Waals surface area contributed by atoms with Gasteiger partial charge in [0.15, 0.2) is 6.61 Å². The molecular formula is C19H22Cl2N2O4. The Bertz CT molecular complexity index is 877. The highest BCUT2D eigenvalue weighted by molar-refractivity contribution is 6.37. The third kappa shape index (κ3) is 4.64. The molecule has 0 aliphatic heterocycles. The third-order valence-corrected chi connectivity index (χ3v) is 4.81. The van der Waals surface area contributed by atoms with Crippen LogP contribution in [0.5, 0.6) is 0 Å². The Balaban J connectivity index is 2.15. The molecule has 6 nitrogen and oxygen atoms in total. The van der Waals surface area contributed by atoms with E-state index in [2.05, 4.69) is 0 Å². The summed E-state index contributed by atoms with van der Waals surface area (Å²) in [5.41, 5.74) is 8.10. The Morgan fingerprint density at radius 3 is 2.48 bits per heavy atom. The number of hydrogen-bond donors (Lipinski definition) is 1. The van der Waals surface area contributed by atoms with Crippen molar-refractivity contribution in [2.24, 2.45) is 0 Å². The first kappa shape index (κ1) is 21.3. The molecule has 1 atom stereocenters. The summed E-state index contributed by atoms with van der Waals surface area (Å²) in [7, 11) is 1.63. The van der Waals surface area contributed by atoms with E-state index in [9.17, 15) is 9.59 Å². The lowest BCUT2D eigenvalue weighted by Gasteiger charge is -2.17. The molecule has 27 heavy (non-hydrogen) atoms. The maximum Gasteiger partial charge on any atom is 0.340 e. The van der Waals surface area contributed by atoms with Gasteiger partial charge in [0.05, 0.1) is 28.9 Å². The Hall–Kier alpha value is -2.02. The first-order valence-corrected chi connectivity index (χ1v) is 9.05. The normalized spacial score (nSPS) is 12.1. The van der Waals surface area contributed by atoms with Gasteiger partial charge >= 0.3 is 5.97 Å². The van der Waals surface area contributed by atoms with Crippen LogP contribution in [0, 0.1) is 13.8 Å². The molecule has 0 radical (unpaired) electrons. The fourth-order valence-corrected chi connectivity index (χ4v) is 3.59. The third-order valence-electron chi connectivity index (χ3n) is 4.28. The highest BCUT2D eigenvalue weighted by Crippen LogP contribution is 2.28. The monoisotopic (exact) mass is 412 g/mol. The lowest BCUT2D eigenvalue weighted by molar-refractivity contribution is 0.0475.